The van der Waals surface area contributed by atoms with Crippen molar-refractivity contribution in [2.75, 3.05) is 0 Å². The van der Waals surface area contributed by atoms with E-state index >= 15 is 0 Å². The molecule has 0 aliphatic carbocycles. The molecular formula is C13H10FNO2S2. The first-order valence-corrected chi connectivity index (χ1v) is 7.23. The standard InChI is InChI=1S/C13H10FNO2S2/c14-11-3-1-9(7-10(11)2-4-12(16)17)8-19-13-15-5-6-18-13/h1-7H,8H2,(H,16,17). The second-order valence-electron chi connectivity index (χ2n) is 3.61. The number of aliphatic carboxylic acids is 1. The van der Waals surface area contributed by atoms with Crippen molar-refractivity contribution >= 4 is 35.1 Å². The van der Waals surface area contributed by atoms with E-state index in [4.69, 9.17) is 5.11 Å². The Morgan fingerprint density at radius 1 is 1.53 bits per heavy atom. The Labute approximate surface area is 117 Å². The molecule has 2 rings (SSSR count). The lowest BCUT2D eigenvalue weighted by molar-refractivity contribution is -0.131. The molecule has 0 unspecified atom stereocenters. The SMILES string of the molecule is O=C(O)C=Cc1cc(CSc2nccs2)ccc1F. The molecular weight excluding hydrogens is 285 g/mol. The maximum absolute atomic E-state index is 13.5. The number of hydrogen-bond acceptors (Lipinski definition) is 4. The summed E-state index contributed by atoms with van der Waals surface area (Å²) in [6, 6.07) is 4.68. The van der Waals surface area contributed by atoms with Crippen molar-refractivity contribution in [3.63, 3.8) is 0 Å². The summed E-state index contributed by atoms with van der Waals surface area (Å²) in [6.07, 6.45) is 3.92. The monoisotopic (exact) mass is 295 g/mol. The molecule has 0 bridgehead atoms. The first-order chi connectivity index (χ1) is 9.15. The van der Waals surface area contributed by atoms with Crippen molar-refractivity contribution < 1.29 is 14.3 Å². The molecule has 0 amide bonds. The van der Waals surface area contributed by atoms with Crippen molar-refractivity contribution in [3.8, 4) is 0 Å². The van der Waals surface area contributed by atoms with Crippen molar-refractivity contribution in [2.24, 2.45) is 0 Å². The van der Waals surface area contributed by atoms with E-state index in [0.717, 1.165) is 16.0 Å². The molecule has 0 aliphatic heterocycles. The van der Waals surface area contributed by atoms with Gasteiger partial charge in [0.2, 0.25) is 0 Å². The van der Waals surface area contributed by atoms with Crippen molar-refractivity contribution in [2.45, 2.75) is 10.1 Å². The second kappa shape index (κ2) is 6.49. The van der Waals surface area contributed by atoms with Crippen LogP contribution in [0.3, 0.4) is 0 Å². The average Bonchev–Trinajstić information content (AvgIpc) is 2.89. The predicted octanol–water partition coefficient (Wildman–Crippen LogP) is 3.67. The smallest absolute Gasteiger partial charge is 0.328 e. The molecule has 1 aromatic heterocycles. The van der Waals surface area contributed by atoms with Crippen LogP contribution in [-0.2, 0) is 10.5 Å². The number of aromatic nitrogens is 1. The molecule has 2 aromatic rings. The molecule has 1 aromatic carbocycles. The quantitative estimate of drug-likeness (QED) is 0.675. The summed E-state index contributed by atoms with van der Waals surface area (Å²) in [7, 11) is 0. The van der Waals surface area contributed by atoms with Gasteiger partial charge >= 0.3 is 5.97 Å². The highest BCUT2D eigenvalue weighted by Crippen LogP contribution is 2.25. The summed E-state index contributed by atoms with van der Waals surface area (Å²) in [5, 5.41) is 10.4. The van der Waals surface area contributed by atoms with Crippen molar-refractivity contribution in [3.05, 3.63) is 52.8 Å². The first kappa shape index (κ1) is 13.8. The molecule has 0 spiro atoms. The topological polar surface area (TPSA) is 50.2 Å². The van der Waals surface area contributed by atoms with E-state index in [1.54, 1.807) is 41.4 Å². The summed E-state index contributed by atoms with van der Waals surface area (Å²) in [4.78, 5) is 14.6. The first-order valence-electron chi connectivity index (χ1n) is 5.37. The zero-order chi connectivity index (χ0) is 13.7. The van der Waals surface area contributed by atoms with Gasteiger partial charge in [-0.25, -0.2) is 14.2 Å². The number of hydrogen-bond donors (Lipinski definition) is 1. The van der Waals surface area contributed by atoms with Gasteiger partial charge in [0.25, 0.3) is 0 Å². The lowest BCUT2D eigenvalue weighted by Crippen LogP contribution is -1.90. The number of halogens is 1. The van der Waals surface area contributed by atoms with Crippen LogP contribution in [0.5, 0.6) is 0 Å². The summed E-state index contributed by atoms with van der Waals surface area (Å²) < 4.78 is 14.4. The minimum absolute atomic E-state index is 0.277. The normalized spacial score (nSPS) is 11.0. The molecule has 0 radical (unpaired) electrons. The third-order valence-electron chi connectivity index (χ3n) is 2.24. The van der Waals surface area contributed by atoms with Gasteiger partial charge in [0.05, 0.1) is 0 Å². The van der Waals surface area contributed by atoms with Gasteiger partial charge < -0.3 is 5.11 Å². The Bertz CT molecular complexity index is 597. The molecule has 0 fully saturated rings. The van der Waals surface area contributed by atoms with Crippen LogP contribution in [0.4, 0.5) is 4.39 Å². The van der Waals surface area contributed by atoms with E-state index in [-0.39, 0.29) is 5.56 Å². The van der Waals surface area contributed by atoms with Crippen LogP contribution in [0.15, 0.2) is 40.2 Å². The minimum Gasteiger partial charge on any atom is -0.478 e. The highest BCUT2D eigenvalue weighted by atomic mass is 32.2. The summed E-state index contributed by atoms with van der Waals surface area (Å²) in [6.45, 7) is 0. The Morgan fingerprint density at radius 3 is 3.05 bits per heavy atom. The molecule has 1 heterocycles. The maximum Gasteiger partial charge on any atom is 0.328 e. The van der Waals surface area contributed by atoms with E-state index in [1.807, 2.05) is 5.38 Å². The van der Waals surface area contributed by atoms with Gasteiger partial charge in [-0.1, -0.05) is 17.8 Å². The van der Waals surface area contributed by atoms with E-state index in [0.29, 0.717) is 5.75 Å². The summed E-state index contributed by atoms with van der Waals surface area (Å²) in [5.41, 5.74) is 1.20. The molecule has 19 heavy (non-hydrogen) atoms. The van der Waals surface area contributed by atoms with Crippen molar-refractivity contribution in [1.82, 2.24) is 4.98 Å². The fourth-order valence-corrected chi connectivity index (χ4v) is 2.98. The molecule has 0 aliphatic rings. The highest BCUT2D eigenvalue weighted by molar-refractivity contribution is 8.00. The van der Waals surface area contributed by atoms with Crippen LogP contribution in [0.1, 0.15) is 11.1 Å². The van der Waals surface area contributed by atoms with E-state index in [2.05, 4.69) is 4.98 Å². The fraction of sp³-hybridized carbons (Fsp3) is 0.0769. The fourth-order valence-electron chi connectivity index (χ4n) is 1.40. The van der Waals surface area contributed by atoms with Gasteiger partial charge in [0.1, 0.15) is 10.2 Å². The van der Waals surface area contributed by atoms with Crippen LogP contribution < -0.4 is 0 Å². The molecule has 6 heteroatoms. The van der Waals surface area contributed by atoms with Gasteiger partial charge in [0, 0.05) is 29.0 Å². The van der Waals surface area contributed by atoms with Gasteiger partial charge in [-0.15, -0.1) is 11.3 Å². The number of carbonyl (C=O) groups is 1. The Balaban J connectivity index is 2.09. The highest BCUT2D eigenvalue weighted by Gasteiger charge is 2.03. The number of carboxylic acid groups (broad SMARTS) is 1. The van der Waals surface area contributed by atoms with Gasteiger partial charge in [-0.2, -0.15) is 0 Å². The number of thiazole rings is 1. The summed E-state index contributed by atoms with van der Waals surface area (Å²) in [5.74, 6) is -0.857. The Hall–Kier alpha value is -1.66. The van der Waals surface area contributed by atoms with Crippen molar-refractivity contribution in [1.29, 1.82) is 0 Å². The number of benzene rings is 1. The Morgan fingerprint density at radius 2 is 2.37 bits per heavy atom. The number of nitrogens with zero attached hydrogens (tertiary/aromatic N) is 1. The predicted molar refractivity (Wildman–Crippen MR) is 74.7 cm³/mol. The molecule has 1 N–H and O–H groups in total. The van der Waals surface area contributed by atoms with E-state index < -0.39 is 11.8 Å². The van der Waals surface area contributed by atoms with E-state index in [9.17, 15) is 9.18 Å². The lowest BCUT2D eigenvalue weighted by Gasteiger charge is -2.02. The maximum atomic E-state index is 13.5. The number of thioether (sulfide) groups is 1. The lowest BCUT2D eigenvalue weighted by atomic mass is 10.1. The molecule has 0 saturated carbocycles. The van der Waals surface area contributed by atoms with Crippen LogP contribution in [0.25, 0.3) is 6.08 Å². The third kappa shape index (κ3) is 4.18. The van der Waals surface area contributed by atoms with E-state index in [1.165, 1.54) is 12.1 Å². The molecule has 98 valence electrons. The third-order valence-corrected chi connectivity index (χ3v) is 4.27. The number of carboxylic acids is 1. The summed E-state index contributed by atoms with van der Waals surface area (Å²) >= 11 is 3.11. The number of rotatable bonds is 5. The van der Waals surface area contributed by atoms with Crippen LogP contribution in [0.2, 0.25) is 0 Å². The van der Waals surface area contributed by atoms with Gasteiger partial charge in [-0.05, 0) is 23.8 Å². The zero-order valence-corrected chi connectivity index (χ0v) is 11.4. The molecule has 3 nitrogen and oxygen atoms in total. The van der Waals surface area contributed by atoms with Crippen LogP contribution in [-0.4, -0.2) is 16.1 Å². The van der Waals surface area contributed by atoms with Crippen LogP contribution in [0, 0.1) is 5.82 Å². The Kier molecular flexibility index (Phi) is 4.70. The zero-order valence-electron chi connectivity index (χ0n) is 9.75. The molecule has 0 saturated heterocycles. The largest absolute Gasteiger partial charge is 0.478 e. The second-order valence-corrected chi connectivity index (χ2v) is 5.73. The van der Waals surface area contributed by atoms with Gasteiger partial charge in [0.15, 0.2) is 0 Å². The minimum atomic E-state index is -1.10. The average molecular weight is 295 g/mol. The van der Waals surface area contributed by atoms with Gasteiger partial charge in [-0.3, -0.25) is 0 Å². The van der Waals surface area contributed by atoms with Crippen LogP contribution >= 0.6 is 23.1 Å². The molecule has 0 atom stereocenters.